The third-order valence-corrected chi connectivity index (χ3v) is 3.54. The Labute approximate surface area is 121 Å². The van der Waals surface area contributed by atoms with Crippen molar-refractivity contribution in [2.75, 3.05) is 24.6 Å². The second-order valence-electron chi connectivity index (χ2n) is 4.35. The van der Waals surface area contributed by atoms with Crippen LogP contribution in [-0.4, -0.2) is 35.6 Å². The molecule has 0 saturated carbocycles. The number of nitrogens with zero attached hydrogens (tertiary/aromatic N) is 3. The molecule has 1 aromatic heterocycles. The standard InChI is InChI=1S/C12H15Cl2N3O2/c1-2-19-11(18)8-4-3-5-17(7-8)9-6-15-12(14)16-10(9)13/h6,8H,2-5,7H2,1H3/t8-/m1/s1. The molecule has 0 unspecified atom stereocenters. The van der Waals surface area contributed by atoms with Crippen LogP contribution >= 0.6 is 23.2 Å². The number of hydrogen-bond acceptors (Lipinski definition) is 5. The highest BCUT2D eigenvalue weighted by Gasteiger charge is 2.28. The average molecular weight is 304 g/mol. The number of esters is 1. The Bertz CT molecular complexity index is 470. The van der Waals surface area contributed by atoms with Gasteiger partial charge in [-0.2, -0.15) is 0 Å². The van der Waals surface area contributed by atoms with E-state index in [1.807, 2.05) is 11.8 Å². The number of halogens is 2. The zero-order chi connectivity index (χ0) is 13.8. The highest BCUT2D eigenvalue weighted by atomic mass is 35.5. The van der Waals surface area contributed by atoms with E-state index in [1.165, 1.54) is 0 Å². The fourth-order valence-corrected chi connectivity index (χ4v) is 2.62. The summed E-state index contributed by atoms with van der Waals surface area (Å²) in [6, 6.07) is 0. The molecule has 1 atom stereocenters. The molecule has 1 saturated heterocycles. The highest BCUT2D eigenvalue weighted by Crippen LogP contribution is 2.28. The topological polar surface area (TPSA) is 55.3 Å². The van der Waals surface area contributed by atoms with Crippen LogP contribution in [0.15, 0.2) is 6.20 Å². The van der Waals surface area contributed by atoms with Crippen LogP contribution in [0.2, 0.25) is 10.4 Å². The zero-order valence-electron chi connectivity index (χ0n) is 10.6. The first-order chi connectivity index (χ1) is 9.11. The molecule has 7 heteroatoms. The molecule has 2 rings (SSSR count). The third kappa shape index (κ3) is 3.48. The number of hydrogen-bond donors (Lipinski definition) is 0. The van der Waals surface area contributed by atoms with Crippen LogP contribution in [0.3, 0.4) is 0 Å². The van der Waals surface area contributed by atoms with Crippen molar-refractivity contribution >= 4 is 34.9 Å². The predicted molar refractivity (Wildman–Crippen MR) is 73.6 cm³/mol. The second-order valence-corrected chi connectivity index (χ2v) is 5.05. The van der Waals surface area contributed by atoms with Crippen molar-refractivity contribution in [1.82, 2.24) is 9.97 Å². The highest BCUT2D eigenvalue weighted by molar-refractivity contribution is 6.33. The monoisotopic (exact) mass is 303 g/mol. The van der Waals surface area contributed by atoms with Crippen molar-refractivity contribution in [2.24, 2.45) is 5.92 Å². The largest absolute Gasteiger partial charge is 0.466 e. The molecule has 1 aliphatic rings. The molecule has 0 radical (unpaired) electrons. The minimum Gasteiger partial charge on any atom is -0.466 e. The first-order valence-corrected chi connectivity index (χ1v) is 6.97. The minimum absolute atomic E-state index is 0.118. The van der Waals surface area contributed by atoms with Crippen LogP contribution in [0.25, 0.3) is 0 Å². The molecule has 0 amide bonds. The molecule has 19 heavy (non-hydrogen) atoms. The van der Waals surface area contributed by atoms with Crippen LogP contribution in [0.5, 0.6) is 0 Å². The van der Waals surface area contributed by atoms with E-state index in [4.69, 9.17) is 27.9 Å². The summed E-state index contributed by atoms with van der Waals surface area (Å²) in [6.45, 7) is 3.60. The molecule has 1 fully saturated rings. The third-order valence-electron chi connectivity index (χ3n) is 3.08. The first-order valence-electron chi connectivity index (χ1n) is 6.21. The number of aromatic nitrogens is 2. The SMILES string of the molecule is CCOC(=O)[C@@H]1CCCN(c2cnc(Cl)nc2Cl)C1. The van der Waals surface area contributed by atoms with Gasteiger partial charge in [0.05, 0.1) is 24.4 Å². The molecular weight excluding hydrogens is 289 g/mol. The molecule has 1 aromatic rings. The Hall–Kier alpha value is -1.07. The number of piperidine rings is 1. The normalized spacial score (nSPS) is 19.3. The van der Waals surface area contributed by atoms with Gasteiger partial charge in [0.25, 0.3) is 0 Å². The molecule has 2 heterocycles. The van der Waals surface area contributed by atoms with Gasteiger partial charge in [-0.25, -0.2) is 9.97 Å². The number of rotatable bonds is 3. The van der Waals surface area contributed by atoms with E-state index in [0.29, 0.717) is 24.0 Å². The van der Waals surface area contributed by atoms with Gasteiger partial charge in [0.15, 0.2) is 5.15 Å². The van der Waals surface area contributed by atoms with E-state index >= 15 is 0 Å². The van der Waals surface area contributed by atoms with E-state index < -0.39 is 0 Å². The summed E-state index contributed by atoms with van der Waals surface area (Å²) < 4.78 is 5.06. The van der Waals surface area contributed by atoms with Gasteiger partial charge in [-0.15, -0.1) is 0 Å². The Balaban J connectivity index is 2.10. The number of carbonyl (C=O) groups excluding carboxylic acids is 1. The van der Waals surface area contributed by atoms with Crippen LogP contribution in [0, 0.1) is 5.92 Å². The van der Waals surface area contributed by atoms with Crippen molar-refractivity contribution in [3.05, 3.63) is 16.6 Å². The lowest BCUT2D eigenvalue weighted by molar-refractivity contribution is -0.148. The van der Waals surface area contributed by atoms with E-state index in [1.54, 1.807) is 6.20 Å². The maximum Gasteiger partial charge on any atom is 0.310 e. The van der Waals surface area contributed by atoms with Crippen molar-refractivity contribution in [2.45, 2.75) is 19.8 Å². The van der Waals surface area contributed by atoms with Gasteiger partial charge in [-0.3, -0.25) is 4.79 Å². The van der Waals surface area contributed by atoms with Gasteiger partial charge < -0.3 is 9.64 Å². The maximum atomic E-state index is 11.8. The molecule has 0 N–H and O–H groups in total. The Morgan fingerprint density at radius 2 is 2.37 bits per heavy atom. The fourth-order valence-electron chi connectivity index (χ4n) is 2.20. The van der Waals surface area contributed by atoms with Gasteiger partial charge in [0.2, 0.25) is 5.28 Å². The quantitative estimate of drug-likeness (QED) is 0.488. The van der Waals surface area contributed by atoms with E-state index in [0.717, 1.165) is 19.4 Å². The molecular formula is C12H15Cl2N3O2. The summed E-state index contributed by atoms with van der Waals surface area (Å²) in [5.74, 6) is -0.279. The zero-order valence-corrected chi connectivity index (χ0v) is 12.1. The summed E-state index contributed by atoms with van der Waals surface area (Å²) in [5, 5.41) is 0.428. The van der Waals surface area contributed by atoms with E-state index in [2.05, 4.69) is 9.97 Å². The molecule has 1 aliphatic heterocycles. The van der Waals surface area contributed by atoms with Crippen molar-refractivity contribution in [1.29, 1.82) is 0 Å². The van der Waals surface area contributed by atoms with Crippen molar-refractivity contribution < 1.29 is 9.53 Å². The van der Waals surface area contributed by atoms with Crippen molar-refractivity contribution in [3.63, 3.8) is 0 Å². The van der Waals surface area contributed by atoms with Crippen LogP contribution in [-0.2, 0) is 9.53 Å². The Morgan fingerprint density at radius 3 is 3.05 bits per heavy atom. The predicted octanol–water partition coefficient (Wildman–Crippen LogP) is 2.56. The molecule has 104 valence electrons. The van der Waals surface area contributed by atoms with E-state index in [9.17, 15) is 4.79 Å². The molecule has 5 nitrogen and oxygen atoms in total. The smallest absolute Gasteiger partial charge is 0.310 e. The Morgan fingerprint density at radius 1 is 1.58 bits per heavy atom. The number of carbonyl (C=O) groups is 1. The van der Waals surface area contributed by atoms with Gasteiger partial charge in [-0.05, 0) is 31.4 Å². The lowest BCUT2D eigenvalue weighted by Gasteiger charge is -2.33. The summed E-state index contributed by atoms with van der Waals surface area (Å²) in [4.78, 5) is 21.6. The summed E-state index contributed by atoms with van der Waals surface area (Å²) in [7, 11) is 0. The second kappa shape index (κ2) is 6.39. The van der Waals surface area contributed by atoms with Crippen LogP contribution in [0.4, 0.5) is 5.69 Å². The molecule has 0 aromatic carbocycles. The van der Waals surface area contributed by atoms with Gasteiger partial charge in [0.1, 0.15) is 0 Å². The van der Waals surface area contributed by atoms with Crippen LogP contribution < -0.4 is 4.90 Å². The Kier molecular flexibility index (Phi) is 4.82. The lowest BCUT2D eigenvalue weighted by Crippen LogP contribution is -2.39. The number of anilines is 1. The fraction of sp³-hybridized carbons (Fsp3) is 0.583. The van der Waals surface area contributed by atoms with Gasteiger partial charge in [0, 0.05) is 13.1 Å². The maximum absolute atomic E-state index is 11.8. The van der Waals surface area contributed by atoms with Crippen LogP contribution in [0.1, 0.15) is 19.8 Å². The molecule has 0 aliphatic carbocycles. The first kappa shape index (κ1) is 14.3. The summed E-state index contributed by atoms with van der Waals surface area (Å²) >= 11 is 11.7. The molecule has 0 spiro atoms. The average Bonchev–Trinajstić information content (AvgIpc) is 2.39. The van der Waals surface area contributed by atoms with E-state index in [-0.39, 0.29) is 17.2 Å². The lowest BCUT2D eigenvalue weighted by atomic mass is 9.98. The summed E-state index contributed by atoms with van der Waals surface area (Å²) in [5.41, 5.74) is 0.708. The minimum atomic E-state index is -0.154. The van der Waals surface area contributed by atoms with Crippen molar-refractivity contribution in [3.8, 4) is 0 Å². The van der Waals surface area contributed by atoms with Gasteiger partial charge >= 0.3 is 5.97 Å². The summed E-state index contributed by atoms with van der Waals surface area (Å²) in [6.07, 6.45) is 3.33. The molecule has 0 bridgehead atoms. The van der Waals surface area contributed by atoms with Gasteiger partial charge in [-0.1, -0.05) is 11.6 Å². The number of ether oxygens (including phenoxy) is 1.